The second kappa shape index (κ2) is 5.98. The van der Waals surface area contributed by atoms with Gasteiger partial charge in [0, 0.05) is 6.20 Å². The maximum Gasteiger partial charge on any atom is 0.181 e. The van der Waals surface area contributed by atoms with E-state index in [1.165, 1.54) is 6.20 Å². The molecule has 2 heterocycles. The van der Waals surface area contributed by atoms with Gasteiger partial charge in [-0.2, -0.15) is 0 Å². The fourth-order valence-electron chi connectivity index (χ4n) is 1.87. The third-order valence-corrected chi connectivity index (χ3v) is 3.61. The Kier molecular flexibility index (Phi) is 4.06. The summed E-state index contributed by atoms with van der Waals surface area (Å²) in [6.45, 7) is 0. The molecule has 0 aliphatic rings. The highest BCUT2D eigenvalue weighted by Gasteiger charge is 2.15. The Bertz CT molecular complexity index is 751. The predicted octanol–water partition coefficient (Wildman–Crippen LogP) is 5.17. The summed E-state index contributed by atoms with van der Waals surface area (Å²) >= 11 is 18.3. The molecule has 0 fully saturated rings. The van der Waals surface area contributed by atoms with Crippen LogP contribution < -0.4 is 0 Å². The highest BCUT2D eigenvalue weighted by Crippen LogP contribution is 2.33. The summed E-state index contributed by atoms with van der Waals surface area (Å²) in [6.07, 6.45) is 1.52. The Balaban J connectivity index is 2.10. The zero-order valence-electron chi connectivity index (χ0n) is 10.6. The van der Waals surface area contributed by atoms with E-state index in [0.717, 1.165) is 5.56 Å². The van der Waals surface area contributed by atoms with Crippen LogP contribution in [0.5, 0.6) is 0 Å². The molecule has 0 unspecified atom stereocenters. The molecule has 0 aliphatic carbocycles. The number of nitrogens with zero attached hydrogens (tertiary/aromatic N) is 3. The molecule has 0 saturated heterocycles. The molecule has 0 saturated carbocycles. The monoisotopic (exact) mass is 335 g/mol. The fourth-order valence-corrected chi connectivity index (χ4v) is 2.59. The molecule has 2 aromatic heterocycles. The van der Waals surface area contributed by atoms with Crippen LogP contribution in [0.2, 0.25) is 15.3 Å². The lowest BCUT2D eigenvalue weighted by Gasteiger charge is -2.08. The smallest absolute Gasteiger partial charge is 0.181 e. The van der Waals surface area contributed by atoms with Crippen molar-refractivity contribution >= 4 is 34.8 Å². The van der Waals surface area contributed by atoms with Gasteiger partial charge >= 0.3 is 0 Å². The number of rotatable bonds is 2. The van der Waals surface area contributed by atoms with Crippen LogP contribution in [0.15, 0.2) is 48.7 Å². The molecule has 3 aromatic rings. The standard InChI is InChI=1S/C15H8Cl3N3/c16-10-6-7-11(19-8-10)15-20-13(17)12(14(18)21-15)9-4-2-1-3-5-9/h1-8H. The van der Waals surface area contributed by atoms with Crippen LogP contribution in [-0.4, -0.2) is 15.0 Å². The van der Waals surface area contributed by atoms with Gasteiger partial charge in [-0.05, 0) is 17.7 Å². The van der Waals surface area contributed by atoms with Crippen molar-refractivity contribution in [2.24, 2.45) is 0 Å². The summed E-state index contributed by atoms with van der Waals surface area (Å²) in [6, 6.07) is 12.9. The minimum absolute atomic E-state index is 0.285. The lowest BCUT2D eigenvalue weighted by molar-refractivity contribution is 1.14. The highest BCUT2D eigenvalue weighted by atomic mass is 35.5. The molecule has 21 heavy (non-hydrogen) atoms. The Morgan fingerprint density at radius 2 is 1.43 bits per heavy atom. The minimum atomic E-state index is 0.285. The van der Waals surface area contributed by atoms with Crippen molar-refractivity contribution in [1.82, 2.24) is 15.0 Å². The van der Waals surface area contributed by atoms with Gasteiger partial charge in [0.2, 0.25) is 0 Å². The van der Waals surface area contributed by atoms with Crippen molar-refractivity contribution in [3.05, 3.63) is 64.0 Å². The zero-order valence-corrected chi connectivity index (χ0v) is 12.9. The van der Waals surface area contributed by atoms with Gasteiger partial charge in [-0.25, -0.2) is 9.97 Å². The van der Waals surface area contributed by atoms with Gasteiger partial charge in [0.15, 0.2) is 5.82 Å². The Morgan fingerprint density at radius 1 is 0.762 bits per heavy atom. The molecule has 0 amide bonds. The third-order valence-electron chi connectivity index (χ3n) is 2.84. The van der Waals surface area contributed by atoms with E-state index in [2.05, 4.69) is 15.0 Å². The Hall–Kier alpha value is -1.68. The molecule has 104 valence electrons. The maximum absolute atomic E-state index is 6.26. The average molecular weight is 337 g/mol. The molecule has 3 nitrogen and oxygen atoms in total. The van der Waals surface area contributed by atoms with Crippen LogP contribution in [-0.2, 0) is 0 Å². The van der Waals surface area contributed by atoms with E-state index >= 15 is 0 Å². The van der Waals surface area contributed by atoms with Crippen molar-refractivity contribution in [3.63, 3.8) is 0 Å². The summed E-state index contributed by atoms with van der Waals surface area (Å²) in [5.74, 6) is 0.362. The van der Waals surface area contributed by atoms with Gasteiger partial charge in [-0.3, -0.25) is 4.98 Å². The largest absolute Gasteiger partial charge is 0.251 e. The van der Waals surface area contributed by atoms with Crippen LogP contribution in [0.3, 0.4) is 0 Å². The minimum Gasteiger partial charge on any atom is -0.251 e. The fraction of sp³-hybridized carbons (Fsp3) is 0. The van der Waals surface area contributed by atoms with Crippen LogP contribution in [0.4, 0.5) is 0 Å². The summed E-state index contributed by atoms with van der Waals surface area (Å²) in [7, 11) is 0. The van der Waals surface area contributed by atoms with Crippen molar-refractivity contribution in [2.45, 2.75) is 0 Å². The van der Waals surface area contributed by atoms with E-state index in [4.69, 9.17) is 34.8 Å². The number of benzene rings is 1. The SMILES string of the molecule is Clc1ccc(-c2nc(Cl)c(-c3ccccc3)c(Cl)n2)nc1. The van der Waals surface area contributed by atoms with Crippen molar-refractivity contribution < 1.29 is 0 Å². The molecule has 3 rings (SSSR count). The van der Waals surface area contributed by atoms with E-state index in [0.29, 0.717) is 22.1 Å². The summed E-state index contributed by atoms with van der Waals surface area (Å²) in [4.78, 5) is 12.7. The number of aromatic nitrogens is 3. The molecule has 1 aromatic carbocycles. The summed E-state index contributed by atoms with van der Waals surface area (Å²) in [5, 5.41) is 1.11. The van der Waals surface area contributed by atoms with Gasteiger partial charge in [0.25, 0.3) is 0 Å². The topological polar surface area (TPSA) is 38.7 Å². The molecule has 0 spiro atoms. The first-order chi connectivity index (χ1) is 10.1. The molecule has 0 N–H and O–H groups in total. The van der Waals surface area contributed by atoms with Crippen molar-refractivity contribution in [2.75, 3.05) is 0 Å². The first-order valence-electron chi connectivity index (χ1n) is 6.05. The second-order valence-electron chi connectivity index (χ2n) is 4.23. The molecule has 0 radical (unpaired) electrons. The maximum atomic E-state index is 6.26. The van der Waals surface area contributed by atoms with Crippen LogP contribution in [0.25, 0.3) is 22.6 Å². The summed E-state index contributed by atoms with van der Waals surface area (Å²) in [5.41, 5.74) is 2.03. The lowest BCUT2D eigenvalue weighted by Crippen LogP contribution is -1.96. The lowest BCUT2D eigenvalue weighted by atomic mass is 10.1. The number of pyridine rings is 1. The van der Waals surface area contributed by atoms with E-state index in [1.54, 1.807) is 12.1 Å². The van der Waals surface area contributed by atoms with E-state index < -0.39 is 0 Å². The van der Waals surface area contributed by atoms with Gasteiger partial charge in [0.05, 0.1) is 10.6 Å². The normalized spacial score (nSPS) is 10.6. The first kappa shape index (κ1) is 14.3. The van der Waals surface area contributed by atoms with Crippen LogP contribution in [0.1, 0.15) is 0 Å². The van der Waals surface area contributed by atoms with Gasteiger partial charge in [-0.1, -0.05) is 65.1 Å². The first-order valence-corrected chi connectivity index (χ1v) is 7.19. The quantitative estimate of drug-likeness (QED) is 0.606. The predicted molar refractivity (Wildman–Crippen MR) is 85.7 cm³/mol. The number of hydrogen-bond donors (Lipinski definition) is 0. The van der Waals surface area contributed by atoms with Gasteiger partial charge in [0.1, 0.15) is 16.0 Å². The molecule has 0 bridgehead atoms. The Morgan fingerprint density at radius 3 is 2.00 bits per heavy atom. The number of hydrogen-bond acceptors (Lipinski definition) is 3. The van der Waals surface area contributed by atoms with E-state index in [9.17, 15) is 0 Å². The highest BCUT2D eigenvalue weighted by molar-refractivity contribution is 6.37. The van der Waals surface area contributed by atoms with Gasteiger partial charge < -0.3 is 0 Å². The van der Waals surface area contributed by atoms with Crippen molar-refractivity contribution in [3.8, 4) is 22.6 Å². The second-order valence-corrected chi connectivity index (χ2v) is 5.38. The average Bonchev–Trinajstić information content (AvgIpc) is 2.48. The molecule has 0 aliphatic heterocycles. The third kappa shape index (κ3) is 3.00. The molecular formula is C15H8Cl3N3. The van der Waals surface area contributed by atoms with Crippen LogP contribution >= 0.6 is 34.8 Å². The Labute approximate surface area is 136 Å². The molecule has 0 atom stereocenters. The van der Waals surface area contributed by atoms with E-state index in [1.807, 2.05) is 30.3 Å². The van der Waals surface area contributed by atoms with Gasteiger partial charge in [-0.15, -0.1) is 0 Å². The van der Waals surface area contributed by atoms with Crippen LogP contribution in [0, 0.1) is 0 Å². The zero-order chi connectivity index (χ0) is 14.8. The number of halogens is 3. The van der Waals surface area contributed by atoms with Crippen molar-refractivity contribution in [1.29, 1.82) is 0 Å². The summed E-state index contributed by atoms with van der Waals surface area (Å²) < 4.78 is 0. The van der Waals surface area contributed by atoms with E-state index in [-0.39, 0.29) is 10.3 Å². The molecular weight excluding hydrogens is 329 g/mol. The molecule has 6 heteroatoms.